The summed E-state index contributed by atoms with van der Waals surface area (Å²) < 4.78 is 0. The quantitative estimate of drug-likeness (QED) is 0.922. The van der Waals surface area contributed by atoms with Gasteiger partial charge in [-0.3, -0.25) is 4.79 Å². The minimum atomic E-state index is -0.0243. The predicted molar refractivity (Wildman–Crippen MR) is 82.5 cm³/mol. The summed E-state index contributed by atoms with van der Waals surface area (Å²) in [6.07, 6.45) is 1.25. The molecule has 0 amide bonds. The standard InChI is InChI=1S/C17H16ClNO/c18-15-7-3-1-5-12(15)11-17(20)14-9-10-19-16-8-4-2-6-13(14)16/h1-8,14,19H,9-11H2. The second kappa shape index (κ2) is 5.68. The van der Waals surface area contributed by atoms with Gasteiger partial charge in [0.2, 0.25) is 0 Å². The summed E-state index contributed by atoms with van der Waals surface area (Å²) in [5, 5.41) is 4.01. The molecule has 0 fully saturated rings. The van der Waals surface area contributed by atoms with Gasteiger partial charge < -0.3 is 5.32 Å². The smallest absolute Gasteiger partial charge is 0.144 e. The van der Waals surface area contributed by atoms with Crippen molar-refractivity contribution in [1.29, 1.82) is 0 Å². The number of hydrogen-bond donors (Lipinski definition) is 1. The Morgan fingerprint density at radius 2 is 1.90 bits per heavy atom. The van der Waals surface area contributed by atoms with Crippen LogP contribution in [-0.2, 0) is 11.2 Å². The Morgan fingerprint density at radius 1 is 1.15 bits per heavy atom. The highest BCUT2D eigenvalue weighted by molar-refractivity contribution is 6.31. The Bertz CT molecular complexity index is 638. The summed E-state index contributed by atoms with van der Waals surface area (Å²) in [5.41, 5.74) is 3.10. The topological polar surface area (TPSA) is 29.1 Å². The molecule has 0 radical (unpaired) electrons. The fourth-order valence-corrected chi connectivity index (χ4v) is 2.96. The third kappa shape index (κ3) is 2.56. The van der Waals surface area contributed by atoms with E-state index in [1.165, 1.54) is 0 Å². The zero-order valence-corrected chi connectivity index (χ0v) is 11.9. The number of ketones is 1. The van der Waals surface area contributed by atoms with Crippen LogP contribution in [0.1, 0.15) is 23.5 Å². The molecule has 0 aliphatic carbocycles. The predicted octanol–water partition coefficient (Wildman–Crippen LogP) is 4.05. The van der Waals surface area contributed by atoms with E-state index < -0.39 is 0 Å². The van der Waals surface area contributed by atoms with Crippen molar-refractivity contribution in [3.63, 3.8) is 0 Å². The molecule has 0 bridgehead atoms. The fourth-order valence-electron chi connectivity index (χ4n) is 2.76. The Morgan fingerprint density at radius 3 is 2.75 bits per heavy atom. The average Bonchev–Trinajstić information content (AvgIpc) is 2.49. The van der Waals surface area contributed by atoms with Gasteiger partial charge in [0.05, 0.1) is 0 Å². The molecule has 102 valence electrons. The summed E-state index contributed by atoms with van der Waals surface area (Å²) in [7, 11) is 0. The molecule has 2 aromatic rings. The second-order valence-electron chi connectivity index (χ2n) is 5.09. The second-order valence-corrected chi connectivity index (χ2v) is 5.50. The number of hydrogen-bond acceptors (Lipinski definition) is 2. The van der Waals surface area contributed by atoms with Crippen LogP contribution in [0.4, 0.5) is 5.69 Å². The summed E-state index contributed by atoms with van der Waals surface area (Å²) in [6.45, 7) is 0.843. The highest BCUT2D eigenvalue weighted by atomic mass is 35.5. The van der Waals surface area contributed by atoms with E-state index in [1.807, 2.05) is 48.5 Å². The van der Waals surface area contributed by atoms with Crippen LogP contribution in [0.2, 0.25) is 5.02 Å². The molecule has 0 saturated heterocycles. The Balaban J connectivity index is 1.84. The lowest BCUT2D eigenvalue weighted by atomic mass is 9.85. The normalized spacial score (nSPS) is 17.1. The lowest BCUT2D eigenvalue weighted by Gasteiger charge is -2.25. The number of benzene rings is 2. The van der Waals surface area contributed by atoms with Gasteiger partial charge in [-0.1, -0.05) is 48.0 Å². The van der Waals surface area contributed by atoms with Crippen LogP contribution in [0.5, 0.6) is 0 Å². The molecule has 3 rings (SSSR count). The third-order valence-electron chi connectivity index (χ3n) is 3.80. The van der Waals surface area contributed by atoms with E-state index in [9.17, 15) is 4.79 Å². The van der Waals surface area contributed by atoms with Gasteiger partial charge in [0.25, 0.3) is 0 Å². The minimum absolute atomic E-state index is 0.0243. The zero-order valence-electron chi connectivity index (χ0n) is 11.1. The van der Waals surface area contributed by atoms with Gasteiger partial charge in [0.1, 0.15) is 5.78 Å². The molecule has 0 saturated carbocycles. The lowest BCUT2D eigenvalue weighted by molar-refractivity contribution is -0.120. The maximum atomic E-state index is 12.6. The van der Waals surface area contributed by atoms with E-state index in [1.54, 1.807) is 0 Å². The number of para-hydroxylation sites is 1. The first-order valence-electron chi connectivity index (χ1n) is 6.84. The molecule has 3 heteroatoms. The van der Waals surface area contributed by atoms with Crippen LogP contribution in [-0.4, -0.2) is 12.3 Å². The summed E-state index contributed by atoms with van der Waals surface area (Å²) in [5.74, 6) is 0.218. The molecule has 1 N–H and O–H groups in total. The SMILES string of the molecule is O=C(Cc1ccccc1Cl)C1CCNc2ccccc21. The van der Waals surface area contributed by atoms with Crippen LogP contribution >= 0.6 is 11.6 Å². The molecule has 20 heavy (non-hydrogen) atoms. The molecule has 0 spiro atoms. The number of Topliss-reactive ketones (excluding diaryl/α,β-unsaturated/α-hetero) is 1. The van der Waals surface area contributed by atoms with E-state index in [0.717, 1.165) is 29.8 Å². The molecule has 0 aromatic heterocycles. The molecule has 1 aliphatic heterocycles. The molecule has 1 heterocycles. The average molecular weight is 286 g/mol. The lowest BCUT2D eigenvalue weighted by Crippen LogP contribution is -2.24. The maximum absolute atomic E-state index is 12.6. The molecule has 1 atom stereocenters. The van der Waals surface area contributed by atoms with E-state index in [0.29, 0.717) is 11.4 Å². The van der Waals surface area contributed by atoms with Gasteiger partial charge in [-0.25, -0.2) is 0 Å². The monoisotopic (exact) mass is 285 g/mol. The number of nitrogens with one attached hydrogen (secondary N) is 1. The van der Waals surface area contributed by atoms with Gasteiger partial charge in [-0.2, -0.15) is 0 Å². The highest BCUT2D eigenvalue weighted by Crippen LogP contribution is 2.33. The number of anilines is 1. The molecular formula is C17H16ClNO. The Hall–Kier alpha value is -1.80. The Kier molecular flexibility index (Phi) is 3.75. The van der Waals surface area contributed by atoms with E-state index in [2.05, 4.69) is 5.32 Å². The third-order valence-corrected chi connectivity index (χ3v) is 4.16. The van der Waals surface area contributed by atoms with Crippen molar-refractivity contribution in [1.82, 2.24) is 0 Å². The van der Waals surface area contributed by atoms with Crippen molar-refractivity contribution in [2.45, 2.75) is 18.8 Å². The fraction of sp³-hybridized carbons (Fsp3) is 0.235. The van der Waals surface area contributed by atoms with E-state index >= 15 is 0 Å². The molecule has 2 aromatic carbocycles. The van der Waals surface area contributed by atoms with Crippen LogP contribution in [0.3, 0.4) is 0 Å². The van der Waals surface area contributed by atoms with Crippen LogP contribution in [0, 0.1) is 0 Å². The summed E-state index contributed by atoms with van der Waals surface area (Å²) >= 11 is 6.14. The zero-order chi connectivity index (χ0) is 13.9. The van der Waals surface area contributed by atoms with Gasteiger partial charge in [0, 0.05) is 29.6 Å². The van der Waals surface area contributed by atoms with E-state index in [4.69, 9.17) is 11.6 Å². The van der Waals surface area contributed by atoms with E-state index in [-0.39, 0.29) is 11.7 Å². The summed E-state index contributed by atoms with van der Waals surface area (Å²) in [4.78, 5) is 12.6. The molecule has 1 unspecified atom stereocenters. The number of carbonyl (C=O) groups is 1. The van der Waals surface area contributed by atoms with Gasteiger partial charge >= 0.3 is 0 Å². The maximum Gasteiger partial charge on any atom is 0.144 e. The van der Waals surface area contributed by atoms with Gasteiger partial charge in [-0.05, 0) is 29.7 Å². The van der Waals surface area contributed by atoms with Crippen LogP contribution in [0.25, 0.3) is 0 Å². The number of halogens is 1. The van der Waals surface area contributed by atoms with Crippen molar-refractivity contribution in [2.24, 2.45) is 0 Å². The minimum Gasteiger partial charge on any atom is -0.385 e. The summed E-state index contributed by atoms with van der Waals surface area (Å²) in [6, 6.07) is 15.6. The van der Waals surface area contributed by atoms with Crippen molar-refractivity contribution >= 4 is 23.1 Å². The first kappa shape index (κ1) is 13.2. The number of rotatable bonds is 3. The first-order chi connectivity index (χ1) is 9.75. The molecular weight excluding hydrogens is 270 g/mol. The molecule has 2 nitrogen and oxygen atoms in total. The van der Waals surface area contributed by atoms with Crippen molar-refractivity contribution < 1.29 is 4.79 Å². The van der Waals surface area contributed by atoms with Gasteiger partial charge in [-0.15, -0.1) is 0 Å². The number of carbonyl (C=O) groups excluding carboxylic acids is 1. The Labute approximate surface area is 123 Å². The van der Waals surface area contributed by atoms with Crippen molar-refractivity contribution in [2.75, 3.05) is 11.9 Å². The largest absolute Gasteiger partial charge is 0.385 e. The van der Waals surface area contributed by atoms with Crippen molar-refractivity contribution in [3.8, 4) is 0 Å². The highest BCUT2D eigenvalue weighted by Gasteiger charge is 2.26. The van der Waals surface area contributed by atoms with Gasteiger partial charge in [0.15, 0.2) is 0 Å². The molecule has 1 aliphatic rings. The van der Waals surface area contributed by atoms with Crippen LogP contribution < -0.4 is 5.32 Å². The van der Waals surface area contributed by atoms with Crippen LogP contribution in [0.15, 0.2) is 48.5 Å². The first-order valence-corrected chi connectivity index (χ1v) is 7.22. The number of fused-ring (bicyclic) bond motifs is 1. The van der Waals surface area contributed by atoms with Crippen molar-refractivity contribution in [3.05, 3.63) is 64.7 Å².